The second-order valence-electron chi connectivity index (χ2n) is 4.46. The molecular formula is C13H13NO2. The maximum atomic E-state index is 11.2. The van der Waals surface area contributed by atoms with E-state index >= 15 is 0 Å². The summed E-state index contributed by atoms with van der Waals surface area (Å²) in [5.41, 5.74) is 2.52. The molecule has 0 amide bonds. The predicted molar refractivity (Wildman–Crippen MR) is 61.9 cm³/mol. The fourth-order valence-electron chi connectivity index (χ4n) is 2.31. The first kappa shape index (κ1) is 9.46. The van der Waals surface area contributed by atoms with E-state index in [1.165, 1.54) is 0 Å². The Hall–Kier alpha value is -1.77. The van der Waals surface area contributed by atoms with Crippen LogP contribution >= 0.6 is 0 Å². The number of aromatic nitrogens is 1. The van der Waals surface area contributed by atoms with Crippen molar-refractivity contribution < 1.29 is 9.90 Å². The summed E-state index contributed by atoms with van der Waals surface area (Å²) in [6, 6.07) is 6.47. The number of aryl methyl sites for hydroxylation is 1. The first-order valence-corrected chi connectivity index (χ1v) is 5.52. The van der Waals surface area contributed by atoms with Gasteiger partial charge in [-0.2, -0.15) is 0 Å². The molecule has 0 radical (unpaired) electrons. The van der Waals surface area contributed by atoms with Crippen molar-refractivity contribution in [2.24, 2.45) is 0 Å². The number of hydrogen-bond donors (Lipinski definition) is 1. The number of carboxylic acid groups (broad SMARTS) is 1. The van der Waals surface area contributed by atoms with Gasteiger partial charge in [-0.1, -0.05) is 12.1 Å². The minimum absolute atomic E-state index is 0.431. The molecule has 1 aliphatic rings. The van der Waals surface area contributed by atoms with E-state index in [2.05, 4.69) is 4.57 Å². The van der Waals surface area contributed by atoms with Crippen molar-refractivity contribution in [1.29, 1.82) is 0 Å². The molecule has 82 valence electrons. The zero-order valence-corrected chi connectivity index (χ0v) is 9.10. The number of benzene rings is 1. The molecule has 1 aromatic heterocycles. The van der Waals surface area contributed by atoms with Crippen LogP contribution in [0.4, 0.5) is 0 Å². The minimum Gasteiger partial charge on any atom is -0.478 e. The summed E-state index contributed by atoms with van der Waals surface area (Å²) in [5, 5.41) is 10.1. The van der Waals surface area contributed by atoms with Crippen LogP contribution in [0.15, 0.2) is 24.4 Å². The third-order valence-corrected chi connectivity index (χ3v) is 3.24. The van der Waals surface area contributed by atoms with Gasteiger partial charge in [0.05, 0.1) is 5.56 Å². The average molecular weight is 215 g/mol. The highest BCUT2D eigenvalue weighted by molar-refractivity contribution is 6.05. The number of rotatable bonds is 2. The molecule has 3 rings (SSSR count). The summed E-state index contributed by atoms with van der Waals surface area (Å²) in [7, 11) is 0. The van der Waals surface area contributed by atoms with Gasteiger partial charge < -0.3 is 9.67 Å². The molecule has 1 aliphatic carbocycles. The van der Waals surface area contributed by atoms with E-state index in [0.29, 0.717) is 11.6 Å². The minimum atomic E-state index is -0.835. The van der Waals surface area contributed by atoms with Crippen LogP contribution in [-0.4, -0.2) is 15.6 Å². The summed E-state index contributed by atoms with van der Waals surface area (Å²) >= 11 is 0. The molecule has 0 atom stereocenters. The van der Waals surface area contributed by atoms with Crippen LogP contribution in [0.25, 0.3) is 10.9 Å². The molecule has 0 saturated heterocycles. The first-order chi connectivity index (χ1) is 7.68. The van der Waals surface area contributed by atoms with E-state index in [9.17, 15) is 9.90 Å². The molecule has 0 bridgehead atoms. The Morgan fingerprint density at radius 3 is 2.81 bits per heavy atom. The molecule has 0 unspecified atom stereocenters. The number of hydrogen-bond acceptors (Lipinski definition) is 1. The molecule has 1 heterocycles. The lowest BCUT2D eigenvalue weighted by Crippen LogP contribution is -1.95. The smallest absolute Gasteiger partial charge is 0.337 e. The molecule has 2 aromatic rings. The van der Waals surface area contributed by atoms with Crippen molar-refractivity contribution in [1.82, 2.24) is 4.57 Å². The van der Waals surface area contributed by atoms with E-state index in [-0.39, 0.29) is 0 Å². The quantitative estimate of drug-likeness (QED) is 0.836. The van der Waals surface area contributed by atoms with Gasteiger partial charge in [-0.05, 0) is 31.4 Å². The zero-order chi connectivity index (χ0) is 11.3. The summed E-state index contributed by atoms with van der Waals surface area (Å²) in [6.45, 7) is 1.96. The first-order valence-electron chi connectivity index (χ1n) is 5.52. The van der Waals surface area contributed by atoms with Gasteiger partial charge in [-0.25, -0.2) is 4.79 Å². The number of aromatic carboxylic acids is 1. The van der Waals surface area contributed by atoms with Crippen LogP contribution in [-0.2, 0) is 0 Å². The molecule has 1 aromatic carbocycles. The van der Waals surface area contributed by atoms with E-state index in [0.717, 1.165) is 29.3 Å². The van der Waals surface area contributed by atoms with Crippen molar-refractivity contribution in [3.05, 3.63) is 35.5 Å². The second kappa shape index (κ2) is 3.11. The number of nitrogens with zero attached hydrogens (tertiary/aromatic N) is 1. The third-order valence-electron chi connectivity index (χ3n) is 3.24. The van der Waals surface area contributed by atoms with Gasteiger partial charge in [-0.3, -0.25) is 0 Å². The lowest BCUT2D eigenvalue weighted by molar-refractivity contribution is 0.0698. The van der Waals surface area contributed by atoms with Crippen LogP contribution in [0.2, 0.25) is 0 Å². The van der Waals surface area contributed by atoms with Crippen molar-refractivity contribution in [3.63, 3.8) is 0 Å². The average Bonchev–Trinajstić information content (AvgIpc) is 2.99. The Balaban J connectivity index is 2.37. The molecule has 3 nitrogen and oxygen atoms in total. The van der Waals surface area contributed by atoms with Gasteiger partial charge in [0.1, 0.15) is 0 Å². The fraction of sp³-hybridized carbons (Fsp3) is 0.308. The fourth-order valence-corrected chi connectivity index (χ4v) is 2.31. The Kier molecular flexibility index (Phi) is 1.84. The van der Waals surface area contributed by atoms with Crippen molar-refractivity contribution in [2.75, 3.05) is 0 Å². The molecule has 1 N–H and O–H groups in total. The highest BCUT2D eigenvalue weighted by atomic mass is 16.4. The summed E-state index contributed by atoms with van der Waals surface area (Å²) < 4.78 is 2.12. The topological polar surface area (TPSA) is 42.2 Å². The van der Waals surface area contributed by atoms with E-state index < -0.39 is 5.97 Å². The van der Waals surface area contributed by atoms with Crippen LogP contribution in [0.1, 0.15) is 34.8 Å². The van der Waals surface area contributed by atoms with Gasteiger partial charge in [-0.15, -0.1) is 0 Å². The maximum Gasteiger partial charge on any atom is 0.337 e. The van der Waals surface area contributed by atoms with E-state index in [1.54, 1.807) is 6.20 Å². The van der Waals surface area contributed by atoms with Crippen LogP contribution in [0, 0.1) is 6.92 Å². The molecule has 0 aliphatic heterocycles. The van der Waals surface area contributed by atoms with E-state index in [4.69, 9.17) is 0 Å². The van der Waals surface area contributed by atoms with Gasteiger partial charge in [0.15, 0.2) is 0 Å². The number of carboxylic acids is 1. The zero-order valence-electron chi connectivity index (χ0n) is 9.10. The monoisotopic (exact) mass is 215 g/mol. The highest BCUT2D eigenvalue weighted by Gasteiger charge is 2.27. The molecule has 1 saturated carbocycles. The van der Waals surface area contributed by atoms with Gasteiger partial charge >= 0.3 is 5.97 Å². The van der Waals surface area contributed by atoms with Crippen LogP contribution in [0.3, 0.4) is 0 Å². The number of fused-ring (bicyclic) bond motifs is 1. The lowest BCUT2D eigenvalue weighted by atomic mass is 10.1. The third kappa shape index (κ3) is 1.24. The Labute approximate surface area is 93.3 Å². The van der Waals surface area contributed by atoms with Crippen molar-refractivity contribution in [2.45, 2.75) is 25.8 Å². The summed E-state index contributed by atoms with van der Waals surface area (Å²) in [5.74, 6) is -0.835. The van der Waals surface area contributed by atoms with Gasteiger partial charge in [0.25, 0.3) is 0 Å². The highest BCUT2D eigenvalue weighted by Crippen LogP contribution is 2.39. The van der Waals surface area contributed by atoms with Gasteiger partial charge in [0, 0.05) is 23.1 Å². The number of carbonyl (C=O) groups is 1. The Morgan fingerprint density at radius 1 is 1.44 bits per heavy atom. The second-order valence-corrected chi connectivity index (χ2v) is 4.46. The van der Waals surface area contributed by atoms with Crippen LogP contribution in [0.5, 0.6) is 0 Å². The largest absolute Gasteiger partial charge is 0.478 e. The summed E-state index contributed by atoms with van der Waals surface area (Å²) in [4.78, 5) is 11.2. The molecule has 1 fully saturated rings. The van der Waals surface area contributed by atoms with Gasteiger partial charge in [0.2, 0.25) is 0 Å². The predicted octanol–water partition coefficient (Wildman–Crippen LogP) is 2.98. The maximum absolute atomic E-state index is 11.2. The lowest BCUT2D eigenvalue weighted by Gasteiger charge is -2.02. The van der Waals surface area contributed by atoms with E-state index in [1.807, 2.05) is 25.1 Å². The summed E-state index contributed by atoms with van der Waals surface area (Å²) in [6.07, 6.45) is 4.12. The van der Waals surface area contributed by atoms with Crippen molar-refractivity contribution in [3.8, 4) is 0 Å². The normalized spacial score (nSPS) is 15.6. The van der Waals surface area contributed by atoms with Crippen LogP contribution < -0.4 is 0 Å². The SMILES string of the molecule is Cc1cccc2c1c(C(=O)O)cn2C1CC1. The standard InChI is InChI=1S/C13H13NO2/c1-8-3-2-4-11-12(8)10(13(15)16)7-14(11)9-5-6-9/h2-4,7,9H,5-6H2,1H3,(H,15,16). The molecular weight excluding hydrogens is 202 g/mol. The van der Waals surface area contributed by atoms with Crippen molar-refractivity contribution >= 4 is 16.9 Å². The Bertz CT molecular complexity index is 579. The Morgan fingerprint density at radius 2 is 2.19 bits per heavy atom. The molecule has 0 spiro atoms. The molecule has 16 heavy (non-hydrogen) atoms. The molecule has 3 heteroatoms.